The van der Waals surface area contributed by atoms with Crippen LogP contribution in [0, 0.1) is 0 Å². The Morgan fingerprint density at radius 3 is 2.33 bits per heavy atom. The number of hydrogen-bond acceptors (Lipinski definition) is 4. The Labute approximate surface area is 73.4 Å². The first kappa shape index (κ1) is 11.8. The molecule has 1 atom stereocenters. The molecule has 0 aliphatic rings. The fourth-order valence-corrected chi connectivity index (χ4v) is 0.500. The summed E-state index contributed by atoms with van der Waals surface area (Å²) >= 11 is 0. The van der Waals surface area contributed by atoms with Crippen LogP contribution >= 0.6 is 0 Å². The average molecular weight is 178 g/mol. The summed E-state index contributed by atoms with van der Waals surface area (Å²) < 4.78 is 14.6. The Kier molecular flexibility index (Phi) is 7.39. The molecule has 0 fully saturated rings. The Hall–Kier alpha value is -0.160. The molecule has 0 heterocycles. The highest BCUT2D eigenvalue weighted by Crippen LogP contribution is 1.94. The van der Waals surface area contributed by atoms with Gasteiger partial charge in [0.15, 0.2) is 6.79 Å². The van der Waals surface area contributed by atoms with Crippen LogP contribution in [0.25, 0.3) is 0 Å². The molecule has 0 aromatic carbocycles. The van der Waals surface area contributed by atoms with E-state index in [1.54, 1.807) is 0 Å². The van der Waals surface area contributed by atoms with Crippen LogP contribution in [-0.4, -0.2) is 31.1 Å². The van der Waals surface area contributed by atoms with Crippen LogP contribution in [0.15, 0.2) is 0 Å². The van der Waals surface area contributed by atoms with Gasteiger partial charge in [-0.3, -0.25) is 0 Å². The summed E-state index contributed by atoms with van der Waals surface area (Å²) in [6, 6.07) is 0. The molecule has 0 radical (unpaired) electrons. The second-order valence-corrected chi connectivity index (χ2v) is 2.68. The van der Waals surface area contributed by atoms with Crippen molar-refractivity contribution in [3.8, 4) is 0 Å². The molecule has 0 amide bonds. The summed E-state index contributed by atoms with van der Waals surface area (Å²) in [5, 5.41) is 8.97. The zero-order chi connectivity index (χ0) is 9.40. The van der Waals surface area contributed by atoms with Gasteiger partial charge in [-0.25, -0.2) is 0 Å². The molecule has 0 aromatic rings. The highest BCUT2D eigenvalue weighted by Gasteiger charge is 2.02. The molecule has 4 heteroatoms. The van der Waals surface area contributed by atoms with Gasteiger partial charge in [0.25, 0.3) is 6.48 Å². The van der Waals surface area contributed by atoms with E-state index in [2.05, 4.69) is 0 Å². The lowest BCUT2D eigenvalue weighted by molar-refractivity contribution is -0.295. The van der Waals surface area contributed by atoms with Crippen molar-refractivity contribution in [3.05, 3.63) is 0 Å². The zero-order valence-corrected chi connectivity index (χ0v) is 7.95. The highest BCUT2D eigenvalue weighted by molar-refractivity contribution is 4.30. The normalized spacial score (nSPS) is 13.8. The second-order valence-electron chi connectivity index (χ2n) is 2.68. The van der Waals surface area contributed by atoms with Gasteiger partial charge < -0.3 is 19.3 Å². The molecule has 0 saturated carbocycles. The van der Waals surface area contributed by atoms with Gasteiger partial charge in [-0.05, 0) is 20.3 Å². The second kappa shape index (κ2) is 7.49. The molecular formula is C8H18O4. The topological polar surface area (TPSA) is 47.9 Å². The summed E-state index contributed by atoms with van der Waals surface area (Å²) in [6.45, 7) is 5.12. The van der Waals surface area contributed by atoms with Crippen molar-refractivity contribution < 1.29 is 19.3 Å². The molecule has 12 heavy (non-hydrogen) atoms. The molecule has 0 aromatic heterocycles. The van der Waals surface area contributed by atoms with E-state index in [4.69, 9.17) is 19.3 Å². The van der Waals surface area contributed by atoms with Crippen LogP contribution in [0.4, 0.5) is 0 Å². The van der Waals surface area contributed by atoms with E-state index >= 15 is 0 Å². The van der Waals surface area contributed by atoms with E-state index in [1.165, 1.54) is 0 Å². The van der Waals surface area contributed by atoms with Gasteiger partial charge in [-0.1, -0.05) is 6.92 Å². The van der Waals surface area contributed by atoms with Crippen molar-refractivity contribution in [2.24, 2.45) is 0 Å². The van der Waals surface area contributed by atoms with Gasteiger partial charge in [-0.2, -0.15) is 0 Å². The van der Waals surface area contributed by atoms with Crippen LogP contribution in [-0.2, 0) is 14.2 Å². The van der Waals surface area contributed by atoms with Gasteiger partial charge >= 0.3 is 0 Å². The van der Waals surface area contributed by atoms with Crippen molar-refractivity contribution in [1.82, 2.24) is 0 Å². The Balaban J connectivity index is 3.13. The fourth-order valence-electron chi connectivity index (χ4n) is 0.500. The minimum atomic E-state index is -1.16. The summed E-state index contributed by atoms with van der Waals surface area (Å²) in [7, 11) is 0. The minimum absolute atomic E-state index is 0.0581. The average Bonchev–Trinajstić information content (AvgIpc) is 2.00. The minimum Gasteiger partial charge on any atom is -0.353 e. The third-order valence-electron chi connectivity index (χ3n) is 1.08. The molecule has 4 nitrogen and oxygen atoms in total. The third-order valence-corrected chi connectivity index (χ3v) is 1.08. The molecule has 74 valence electrons. The smallest absolute Gasteiger partial charge is 0.271 e. The lowest BCUT2D eigenvalue weighted by Crippen LogP contribution is -2.20. The van der Waals surface area contributed by atoms with Gasteiger partial charge in [0.1, 0.15) is 0 Å². The summed E-state index contributed by atoms with van der Waals surface area (Å²) in [5.41, 5.74) is 0. The van der Waals surface area contributed by atoms with Crippen LogP contribution < -0.4 is 0 Å². The van der Waals surface area contributed by atoms with E-state index in [1.807, 2.05) is 20.8 Å². The number of ether oxygens (including phenoxy) is 3. The van der Waals surface area contributed by atoms with Crippen molar-refractivity contribution in [2.75, 3.05) is 13.4 Å². The fraction of sp³-hybridized carbons (Fsp3) is 1.00. The maximum Gasteiger partial charge on any atom is 0.271 e. The predicted octanol–water partition coefficient (Wildman–Crippen LogP) is 1.09. The molecule has 0 saturated heterocycles. The van der Waals surface area contributed by atoms with E-state index in [0.717, 1.165) is 6.42 Å². The molecule has 1 unspecified atom stereocenters. The molecule has 0 aliphatic heterocycles. The maximum atomic E-state index is 8.97. The first-order valence-corrected chi connectivity index (χ1v) is 4.19. The molecule has 0 aliphatic carbocycles. The Morgan fingerprint density at radius 1 is 1.17 bits per heavy atom. The lowest BCUT2D eigenvalue weighted by atomic mass is 10.5. The zero-order valence-electron chi connectivity index (χ0n) is 7.95. The van der Waals surface area contributed by atoms with Crippen LogP contribution in [0.5, 0.6) is 0 Å². The molecule has 0 rings (SSSR count). The molecule has 1 N–H and O–H groups in total. The number of aliphatic hydroxyl groups excluding tert-OH is 1. The monoisotopic (exact) mass is 178 g/mol. The standard InChI is InChI=1S/C8H18O4/c1-4-5-10-8(9)12-6-11-7(2)3/h7-9H,4-6H2,1-3H3. The predicted molar refractivity (Wildman–Crippen MR) is 44.4 cm³/mol. The maximum absolute atomic E-state index is 8.97. The van der Waals surface area contributed by atoms with Crippen molar-refractivity contribution in [2.45, 2.75) is 39.8 Å². The van der Waals surface area contributed by atoms with E-state index in [0.29, 0.717) is 6.61 Å². The third kappa shape index (κ3) is 7.94. The van der Waals surface area contributed by atoms with Crippen molar-refractivity contribution >= 4 is 0 Å². The highest BCUT2D eigenvalue weighted by atomic mass is 16.8. The van der Waals surface area contributed by atoms with Crippen molar-refractivity contribution in [3.63, 3.8) is 0 Å². The summed E-state index contributed by atoms with van der Waals surface area (Å²) in [4.78, 5) is 0. The van der Waals surface area contributed by atoms with Gasteiger partial charge in [-0.15, -0.1) is 0 Å². The molecular weight excluding hydrogens is 160 g/mol. The van der Waals surface area contributed by atoms with E-state index in [9.17, 15) is 0 Å². The van der Waals surface area contributed by atoms with E-state index < -0.39 is 6.48 Å². The number of rotatable bonds is 7. The largest absolute Gasteiger partial charge is 0.353 e. The number of aliphatic hydroxyl groups is 1. The molecule has 0 bridgehead atoms. The van der Waals surface area contributed by atoms with Crippen LogP contribution in [0.2, 0.25) is 0 Å². The Bertz CT molecular complexity index is 95.1. The summed E-state index contributed by atoms with van der Waals surface area (Å²) in [6.07, 6.45) is 0.953. The van der Waals surface area contributed by atoms with Crippen LogP contribution in [0.3, 0.4) is 0 Å². The summed E-state index contributed by atoms with van der Waals surface area (Å²) in [5.74, 6) is 0. The quantitative estimate of drug-likeness (QED) is 0.593. The van der Waals surface area contributed by atoms with Gasteiger partial charge in [0.2, 0.25) is 0 Å². The first-order valence-electron chi connectivity index (χ1n) is 4.19. The Morgan fingerprint density at radius 2 is 1.83 bits per heavy atom. The first-order chi connectivity index (χ1) is 5.66. The molecule has 0 spiro atoms. The van der Waals surface area contributed by atoms with Gasteiger partial charge in [0.05, 0.1) is 12.7 Å². The van der Waals surface area contributed by atoms with Crippen LogP contribution in [0.1, 0.15) is 27.2 Å². The van der Waals surface area contributed by atoms with Crippen molar-refractivity contribution in [1.29, 1.82) is 0 Å². The number of hydrogen-bond donors (Lipinski definition) is 1. The SMILES string of the molecule is CCCOC(O)OCOC(C)C. The lowest BCUT2D eigenvalue weighted by Gasteiger charge is -2.13. The van der Waals surface area contributed by atoms with E-state index in [-0.39, 0.29) is 12.9 Å². The van der Waals surface area contributed by atoms with Gasteiger partial charge in [0, 0.05) is 0 Å².